The van der Waals surface area contributed by atoms with Crippen molar-refractivity contribution in [1.29, 1.82) is 0 Å². The number of hydrogen-bond acceptors (Lipinski definition) is 4. The van der Waals surface area contributed by atoms with Gasteiger partial charge < -0.3 is 10.0 Å². The minimum Gasteiger partial charge on any atom is -0.478 e. The van der Waals surface area contributed by atoms with E-state index in [0.29, 0.717) is 6.04 Å². The van der Waals surface area contributed by atoms with Gasteiger partial charge in [0, 0.05) is 35.0 Å². The average molecular weight is 294 g/mol. The molecular formula is C15H22N2O2S. The summed E-state index contributed by atoms with van der Waals surface area (Å²) >= 11 is 1.67. The number of aliphatic carboxylic acids is 1. The van der Waals surface area contributed by atoms with Crippen LogP contribution in [0.4, 0.5) is 0 Å². The largest absolute Gasteiger partial charge is 0.478 e. The summed E-state index contributed by atoms with van der Waals surface area (Å²) in [5.41, 5.74) is 0. The van der Waals surface area contributed by atoms with Crippen molar-refractivity contribution >= 4 is 23.4 Å². The Morgan fingerprint density at radius 3 is 3.05 bits per heavy atom. The molecule has 1 N–H and O–H groups in total. The summed E-state index contributed by atoms with van der Waals surface area (Å²) in [6.07, 6.45) is 5.38. The maximum absolute atomic E-state index is 10.5. The molecule has 1 aliphatic rings. The van der Waals surface area contributed by atoms with Crippen LogP contribution >= 0.6 is 11.3 Å². The van der Waals surface area contributed by atoms with E-state index in [1.165, 1.54) is 23.8 Å². The van der Waals surface area contributed by atoms with Crippen LogP contribution in [0.2, 0.25) is 0 Å². The zero-order valence-corrected chi connectivity index (χ0v) is 12.9. The van der Waals surface area contributed by atoms with E-state index < -0.39 is 5.97 Å². The fourth-order valence-electron chi connectivity index (χ4n) is 2.54. The maximum atomic E-state index is 10.5. The molecule has 5 heteroatoms. The lowest BCUT2D eigenvalue weighted by atomic mass is 10.1. The zero-order valence-electron chi connectivity index (χ0n) is 12.1. The molecule has 1 saturated heterocycles. The van der Waals surface area contributed by atoms with E-state index in [1.54, 1.807) is 17.4 Å². The highest BCUT2D eigenvalue weighted by molar-refractivity contribution is 7.12. The Labute approximate surface area is 124 Å². The quantitative estimate of drug-likeness (QED) is 0.847. The second-order valence-corrected chi connectivity index (χ2v) is 6.67. The average Bonchev–Trinajstić information content (AvgIpc) is 2.84. The van der Waals surface area contributed by atoms with Crippen molar-refractivity contribution < 1.29 is 9.90 Å². The Hall–Kier alpha value is -1.17. The van der Waals surface area contributed by atoms with Gasteiger partial charge in [-0.05, 0) is 51.7 Å². The summed E-state index contributed by atoms with van der Waals surface area (Å²) in [5.74, 6) is -0.898. The Morgan fingerprint density at radius 1 is 1.55 bits per heavy atom. The molecule has 1 atom stereocenters. The monoisotopic (exact) mass is 294 g/mol. The van der Waals surface area contributed by atoms with E-state index in [2.05, 4.69) is 30.0 Å². The van der Waals surface area contributed by atoms with Gasteiger partial charge in [-0.2, -0.15) is 0 Å². The molecule has 4 nitrogen and oxygen atoms in total. The van der Waals surface area contributed by atoms with E-state index in [1.807, 2.05) is 6.07 Å². The van der Waals surface area contributed by atoms with Gasteiger partial charge in [-0.3, -0.25) is 4.90 Å². The molecule has 1 fully saturated rings. The molecule has 20 heavy (non-hydrogen) atoms. The number of thiophene rings is 1. The highest BCUT2D eigenvalue weighted by Crippen LogP contribution is 2.22. The van der Waals surface area contributed by atoms with Gasteiger partial charge in [0.15, 0.2) is 0 Å². The highest BCUT2D eigenvalue weighted by atomic mass is 32.1. The summed E-state index contributed by atoms with van der Waals surface area (Å²) in [6, 6.07) is 4.74. The molecule has 2 rings (SSSR count). The number of carboxylic acids is 1. The number of carboxylic acid groups (broad SMARTS) is 1. The summed E-state index contributed by atoms with van der Waals surface area (Å²) < 4.78 is 0. The Kier molecular flexibility index (Phi) is 5.34. The van der Waals surface area contributed by atoms with Crippen LogP contribution in [0.25, 0.3) is 6.08 Å². The van der Waals surface area contributed by atoms with Gasteiger partial charge in [0.25, 0.3) is 0 Å². The molecule has 0 aromatic carbocycles. The molecule has 2 heterocycles. The fourth-order valence-corrected chi connectivity index (χ4v) is 3.50. The lowest BCUT2D eigenvalue weighted by Gasteiger charge is -2.35. The van der Waals surface area contributed by atoms with Crippen molar-refractivity contribution in [2.45, 2.75) is 25.4 Å². The summed E-state index contributed by atoms with van der Waals surface area (Å²) in [4.78, 5) is 17.6. The van der Waals surface area contributed by atoms with Crippen LogP contribution in [0.15, 0.2) is 18.2 Å². The number of likely N-dealkylation sites (N-methyl/N-ethyl adjacent to an activating group) is 1. The van der Waals surface area contributed by atoms with Crippen molar-refractivity contribution in [2.75, 3.05) is 27.2 Å². The van der Waals surface area contributed by atoms with Gasteiger partial charge in [0.2, 0.25) is 0 Å². The highest BCUT2D eigenvalue weighted by Gasteiger charge is 2.21. The first kappa shape index (κ1) is 15.2. The molecule has 110 valence electrons. The van der Waals surface area contributed by atoms with Gasteiger partial charge in [-0.25, -0.2) is 4.79 Å². The lowest BCUT2D eigenvalue weighted by Crippen LogP contribution is -2.44. The number of likely N-dealkylation sites (tertiary alicyclic amines) is 1. The van der Waals surface area contributed by atoms with Crippen LogP contribution in [0.1, 0.15) is 22.6 Å². The topological polar surface area (TPSA) is 43.8 Å². The normalized spacial score (nSPS) is 20.9. The van der Waals surface area contributed by atoms with Gasteiger partial charge in [0.1, 0.15) is 0 Å². The molecule has 1 aliphatic heterocycles. The summed E-state index contributed by atoms with van der Waals surface area (Å²) in [7, 11) is 4.29. The second kappa shape index (κ2) is 7.02. The Morgan fingerprint density at radius 2 is 2.35 bits per heavy atom. The summed E-state index contributed by atoms with van der Waals surface area (Å²) in [6.45, 7) is 3.24. The number of piperidine rings is 1. The number of hydrogen-bond donors (Lipinski definition) is 1. The van der Waals surface area contributed by atoms with E-state index in [-0.39, 0.29) is 0 Å². The molecule has 0 aliphatic carbocycles. The molecule has 0 amide bonds. The molecule has 0 radical (unpaired) electrons. The molecular weight excluding hydrogens is 272 g/mol. The van der Waals surface area contributed by atoms with Crippen LogP contribution in [-0.4, -0.2) is 54.1 Å². The van der Waals surface area contributed by atoms with Crippen LogP contribution in [0.5, 0.6) is 0 Å². The van der Waals surface area contributed by atoms with Crippen LogP contribution < -0.4 is 0 Å². The standard InChI is InChI=1S/C15H22N2O2S/c1-16(2)12-4-3-9-17(10-12)11-14-6-5-13(20-14)7-8-15(18)19/h5-8,12H,3-4,9-11H2,1-2H3,(H,18,19). The van der Waals surface area contributed by atoms with Gasteiger partial charge in [-0.15, -0.1) is 11.3 Å². The predicted octanol–water partition coefficient (Wildman–Crippen LogP) is 2.37. The van der Waals surface area contributed by atoms with Gasteiger partial charge in [-0.1, -0.05) is 0 Å². The van der Waals surface area contributed by atoms with E-state index in [0.717, 1.165) is 24.5 Å². The summed E-state index contributed by atoms with van der Waals surface area (Å²) in [5, 5.41) is 8.63. The predicted molar refractivity (Wildman–Crippen MR) is 83.0 cm³/mol. The van der Waals surface area contributed by atoms with Crippen molar-refractivity contribution in [1.82, 2.24) is 9.80 Å². The first-order chi connectivity index (χ1) is 9.54. The second-order valence-electron chi connectivity index (χ2n) is 5.47. The molecule has 0 spiro atoms. The third kappa shape index (κ3) is 4.44. The van der Waals surface area contributed by atoms with Gasteiger partial charge in [0.05, 0.1) is 0 Å². The van der Waals surface area contributed by atoms with E-state index >= 15 is 0 Å². The number of carbonyl (C=O) groups is 1. The smallest absolute Gasteiger partial charge is 0.328 e. The van der Waals surface area contributed by atoms with Crippen molar-refractivity contribution in [3.63, 3.8) is 0 Å². The van der Waals surface area contributed by atoms with Crippen molar-refractivity contribution in [3.8, 4) is 0 Å². The van der Waals surface area contributed by atoms with Crippen LogP contribution in [-0.2, 0) is 11.3 Å². The Balaban J connectivity index is 1.91. The van der Waals surface area contributed by atoms with E-state index in [4.69, 9.17) is 5.11 Å². The zero-order chi connectivity index (χ0) is 14.5. The molecule has 0 saturated carbocycles. The van der Waals surface area contributed by atoms with E-state index in [9.17, 15) is 4.79 Å². The molecule has 1 unspecified atom stereocenters. The van der Waals surface area contributed by atoms with Crippen LogP contribution in [0, 0.1) is 0 Å². The first-order valence-electron chi connectivity index (χ1n) is 6.93. The lowest BCUT2D eigenvalue weighted by molar-refractivity contribution is -0.131. The van der Waals surface area contributed by atoms with Crippen molar-refractivity contribution in [2.24, 2.45) is 0 Å². The minimum absolute atomic E-state index is 0.648. The molecule has 1 aromatic heterocycles. The number of nitrogens with zero attached hydrogens (tertiary/aromatic N) is 2. The minimum atomic E-state index is -0.898. The number of rotatable bonds is 5. The van der Waals surface area contributed by atoms with Crippen molar-refractivity contribution in [3.05, 3.63) is 28.0 Å². The maximum Gasteiger partial charge on any atom is 0.328 e. The third-order valence-corrected chi connectivity index (χ3v) is 4.70. The fraction of sp³-hybridized carbons (Fsp3) is 0.533. The molecule has 1 aromatic rings. The Bertz CT molecular complexity index is 482. The van der Waals surface area contributed by atoms with Gasteiger partial charge >= 0.3 is 5.97 Å². The molecule has 0 bridgehead atoms. The third-order valence-electron chi connectivity index (χ3n) is 3.66. The SMILES string of the molecule is CN(C)C1CCCN(Cc2ccc(C=CC(=O)O)s2)C1. The first-order valence-corrected chi connectivity index (χ1v) is 7.75. The van der Waals surface area contributed by atoms with Crippen LogP contribution in [0.3, 0.4) is 0 Å².